The second kappa shape index (κ2) is 8.16. The lowest BCUT2D eigenvalue weighted by Crippen LogP contribution is -2.24. The van der Waals surface area contributed by atoms with Gasteiger partial charge in [0.15, 0.2) is 0 Å². The Bertz CT molecular complexity index is 1370. The van der Waals surface area contributed by atoms with Crippen LogP contribution in [0.25, 0.3) is 17.8 Å². The minimum absolute atomic E-state index is 0.0628. The van der Waals surface area contributed by atoms with Gasteiger partial charge in [-0.15, -0.1) is 0 Å². The van der Waals surface area contributed by atoms with Crippen LogP contribution in [0, 0.1) is 0 Å². The molecule has 2 heterocycles. The number of nitrogens with two attached hydrogens (primary N) is 1. The van der Waals surface area contributed by atoms with Crippen LogP contribution in [0.1, 0.15) is 38.8 Å². The third kappa shape index (κ3) is 3.91. The van der Waals surface area contributed by atoms with Crippen molar-refractivity contribution in [3.8, 4) is 5.69 Å². The lowest BCUT2D eigenvalue weighted by atomic mass is 10.1. The topological polar surface area (TPSA) is 123 Å². The van der Waals surface area contributed by atoms with Crippen molar-refractivity contribution in [1.82, 2.24) is 9.88 Å². The number of benzene rings is 2. The van der Waals surface area contributed by atoms with Crippen molar-refractivity contribution in [2.45, 2.75) is 6.92 Å². The minimum Gasteiger partial charge on any atom is -0.384 e. The van der Waals surface area contributed by atoms with E-state index >= 15 is 0 Å². The Balaban J connectivity index is 1.90. The second-order valence-corrected chi connectivity index (χ2v) is 7.55. The van der Waals surface area contributed by atoms with Crippen LogP contribution in [0.4, 0.5) is 11.5 Å². The maximum Gasteiger partial charge on any atom is 0.262 e. The molecular formula is C23H17ClN4O4. The summed E-state index contributed by atoms with van der Waals surface area (Å²) < 4.78 is 1.14. The number of pyridine rings is 1. The van der Waals surface area contributed by atoms with Crippen LogP contribution in [0.15, 0.2) is 53.3 Å². The third-order valence-corrected chi connectivity index (χ3v) is 5.12. The summed E-state index contributed by atoms with van der Waals surface area (Å²) in [5.41, 5.74) is 7.69. The number of nitrogens with zero attached hydrogens (tertiary/aromatic N) is 1. The first kappa shape index (κ1) is 21.1. The average molecular weight is 449 g/mol. The van der Waals surface area contributed by atoms with Gasteiger partial charge in [0.25, 0.3) is 17.4 Å². The highest BCUT2D eigenvalue weighted by atomic mass is 35.5. The monoisotopic (exact) mass is 448 g/mol. The minimum atomic E-state index is -0.674. The van der Waals surface area contributed by atoms with Crippen molar-refractivity contribution in [2.75, 3.05) is 11.1 Å². The average Bonchev–Trinajstić information content (AvgIpc) is 3.01. The molecule has 9 heteroatoms. The zero-order chi connectivity index (χ0) is 23.0. The van der Waals surface area contributed by atoms with E-state index in [0.717, 1.165) is 16.2 Å². The molecule has 0 saturated heterocycles. The Morgan fingerprint density at radius 3 is 2.44 bits per heavy atom. The summed E-state index contributed by atoms with van der Waals surface area (Å²) in [7, 11) is 0. The number of hydrogen-bond acceptors (Lipinski definition) is 5. The molecule has 4 N–H and O–H groups in total. The first-order valence-electron chi connectivity index (χ1n) is 9.51. The number of imide groups is 1. The summed E-state index contributed by atoms with van der Waals surface area (Å²) >= 11 is 5.93. The number of fused-ring (bicyclic) bond motifs is 1. The van der Waals surface area contributed by atoms with Gasteiger partial charge in [0, 0.05) is 23.7 Å². The van der Waals surface area contributed by atoms with Crippen LogP contribution in [0.2, 0.25) is 5.02 Å². The molecule has 0 radical (unpaired) electrons. The normalized spacial score (nSPS) is 12.7. The first-order chi connectivity index (χ1) is 15.2. The zero-order valence-corrected chi connectivity index (χ0v) is 17.6. The summed E-state index contributed by atoms with van der Waals surface area (Å²) in [5.74, 6) is -1.81. The number of nitrogens with one attached hydrogen (secondary N) is 2. The lowest BCUT2D eigenvalue weighted by molar-refractivity contribution is -0.114. The summed E-state index contributed by atoms with van der Waals surface area (Å²) in [5, 5.41) is 5.41. The number of hydrogen-bond donors (Lipinski definition) is 3. The molecule has 3 amide bonds. The number of halogens is 1. The summed E-state index contributed by atoms with van der Waals surface area (Å²) in [6.45, 7) is 1.36. The van der Waals surface area contributed by atoms with Crippen molar-refractivity contribution < 1.29 is 14.4 Å². The van der Waals surface area contributed by atoms with Gasteiger partial charge in [-0.1, -0.05) is 42.0 Å². The molecule has 0 fully saturated rings. The number of amides is 3. The van der Waals surface area contributed by atoms with Crippen LogP contribution in [0.5, 0.6) is 0 Å². The number of anilines is 2. The third-order valence-electron chi connectivity index (χ3n) is 4.87. The molecule has 1 aliphatic heterocycles. The van der Waals surface area contributed by atoms with Crippen molar-refractivity contribution in [3.63, 3.8) is 0 Å². The molecule has 1 aromatic heterocycles. The van der Waals surface area contributed by atoms with E-state index in [-0.39, 0.29) is 22.9 Å². The fourth-order valence-corrected chi connectivity index (χ4v) is 3.57. The molecule has 3 aromatic rings. The Kier molecular flexibility index (Phi) is 5.38. The van der Waals surface area contributed by atoms with Gasteiger partial charge in [0.2, 0.25) is 5.91 Å². The van der Waals surface area contributed by atoms with Gasteiger partial charge in [-0.3, -0.25) is 29.1 Å². The van der Waals surface area contributed by atoms with E-state index in [1.54, 1.807) is 36.4 Å². The lowest BCUT2D eigenvalue weighted by Gasteiger charge is -2.16. The Morgan fingerprint density at radius 2 is 1.75 bits per heavy atom. The van der Waals surface area contributed by atoms with E-state index in [1.165, 1.54) is 6.92 Å². The van der Waals surface area contributed by atoms with Crippen LogP contribution >= 0.6 is 11.6 Å². The molecule has 2 aromatic carbocycles. The van der Waals surface area contributed by atoms with Gasteiger partial charge in [0.05, 0.1) is 16.8 Å². The maximum absolute atomic E-state index is 12.9. The summed E-state index contributed by atoms with van der Waals surface area (Å²) in [4.78, 5) is 48.6. The first-order valence-corrected chi connectivity index (χ1v) is 9.89. The predicted molar refractivity (Wildman–Crippen MR) is 123 cm³/mol. The van der Waals surface area contributed by atoms with Gasteiger partial charge in [0.1, 0.15) is 5.82 Å². The molecule has 1 aliphatic rings. The Labute approximate surface area is 187 Å². The SMILES string of the molecule is CC(=O)Nc1ccc(C=Cc2ccc(Cl)cc2)c(-n2c(N)c3c(cc2=O)C(=O)NC3=O)c1. The van der Waals surface area contributed by atoms with Gasteiger partial charge in [-0.25, -0.2) is 0 Å². The van der Waals surface area contributed by atoms with E-state index in [9.17, 15) is 19.2 Å². The standard InChI is InChI=1S/C23H17ClN4O4/c1-12(29)26-16-9-6-14(5-2-13-3-7-15(24)8-4-13)18(10-16)28-19(30)11-17-20(21(28)25)23(32)27-22(17)31/h2-11H,25H2,1H3,(H,26,29)(H,27,31,32). The summed E-state index contributed by atoms with van der Waals surface area (Å²) in [6.07, 6.45) is 3.58. The van der Waals surface area contributed by atoms with Gasteiger partial charge < -0.3 is 11.1 Å². The van der Waals surface area contributed by atoms with Crippen LogP contribution < -0.4 is 21.9 Å². The maximum atomic E-state index is 12.9. The predicted octanol–water partition coefficient (Wildman–Crippen LogP) is 3.09. The molecule has 160 valence electrons. The van der Waals surface area contributed by atoms with Gasteiger partial charge in [-0.2, -0.15) is 0 Å². The molecule has 0 aliphatic carbocycles. The summed E-state index contributed by atoms with van der Waals surface area (Å²) in [6, 6.07) is 13.2. The molecular weight excluding hydrogens is 432 g/mol. The van der Waals surface area contributed by atoms with E-state index in [2.05, 4.69) is 10.6 Å². The quantitative estimate of drug-likeness (QED) is 0.418. The number of nitrogen functional groups attached to an aromatic ring is 1. The highest BCUT2D eigenvalue weighted by molar-refractivity contribution is 6.30. The van der Waals surface area contributed by atoms with E-state index in [1.807, 2.05) is 18.2 Å². The van der Waals surface area contributed by atoms with E-state index in [4.69, 9.17) is 17.3 Å². The van der Waals surface area contributed by atoms with Crippen molar-refractivity contribution in [2.24, 2.45) is 0 Å². The smallest absolute Gasteiger partial charge is 0.262 e. The van der Waals surface area contributed by atoms with Crippen molar-refractivity contribution in [1.29, 1.82) is 0 Å². The highest BCUT2D eigenvalue weighted by Crippen LogP contribution is 2.27. The molecule has 32 heavy (non-hydrogen) atoms. The molecule has 0 atom stereocenters. The van der Waals surface area contributed by atoms with Crippen LogP contribution in [-0.2, 0) is 4.79 Å². The van der Waals surface area contributed by atoms with E-state index in [0.29, 0.717) is 22.0 Å². The van der Waals surface area contributed by atoms with Crippen molar-refractivity contribution in [3.05, 3.63) is 86.2 Å². The largest absolute Gasteiger partial charge is 0.384 e. The molecule has 0 spiro atoms. The Morgan fingerprint density at radius 1 is 1.03 bits per heavy atom. The van der Waals surface area contributed by atoms with Crippen LogP contribution in [0.3, 0.4) is 0 Å². The Hall–Kier alpha value is -4.17. The fraction of sp³-hybridized carbons (Fsp3) is 0.0435. The fourth-order valence-electron chi connectivity index (χ4n) is 3.45. The van der Waals surface area contributed by atoms with Gasteiger partial charge in [-0.05, 0) is 35.4 Å². The number of rotatable bonds is 4. The zero-order valence-electron chi connectivity index (χ0n) is 16.8. The number of aromatic nitrogens is 1. The van der Waals surface area contributed by atoms with Gasteiger partial charge >= 0.3 is 0 Å². The molecule has 0 saturated carbocycles. The highest BCUT2D eigenvalue weighted by Gasteiger charge is 2.32. The van der Waals surface area contributed by atoms with E-state index < -0.39 is 17.4 Å². The number of carbonyl (C=O) groups excluding carboxylic acids is 3. The molecule has 0 bridgehead atoms. The molecule has 0 unspecified atom stereocenters. The molecule has 8 nitrogen and oxygen atoms in total. The molecule has 4 rings (SSSR count). The number of carbonyl (C=O) groups is 3. The van der Waals surface area contributed by atoms with Crippen LogP contribution in [-0.4, -0.2) is 22.3 Å². The van der Waals surface area contributed by atoms with Crippen molar-refractivity contribution >= 4 is 53.0 Å². The second-order valence-electron chi connectivity index (χ2n) is 7.11.